The number of carbonyl (C=O) groups is 1. The first-order chi connectivity index (χ1) is 14.2. The van der Waals surface area contributed by atoms with Crippen LogP contribution in [0, 0.1) is 0 Å². The Balaban J connectivity index is 1.51. The Morgan fingerprint density at radius 2 is 0.966 bits per heavy atom. The Hall–Kier alpha value is -2.97. The van der Waals surface area contributed by atoms with Crippen molar-refractivity contribution in [3.05, 3.63) is 106 Å². The average Bonchev–Trinajstić information content (AvgIpc) is 3.15. The van der Waals surface area contributed by atoms with Gasteiger partial charge in [0.2, 0.25) is 0 Å². The lowest BCUT2D eigenvalue weighted by atomic mass is 9.83. The van der Waals surface area contributed by atoms with Gasteiger partial charge < -0.3 is 0 Å². The second-order valence-electron chi connectivity index (χ2n) is 8.27. The highest BCUT2D eigenvalue weighted by molar-refractivity contribution is 9.10. The Labute approximate surface area is 176 Å². The van der Waals surface area contributed by atoms with E-state index in [-0.39, 0.29) is 11.8 Å². The standard InChI is InChI=1S/C27H15BrO/c28-20-6-5-16-10-21-24(13-19(16)9-20)26-23-12-18-8-15-4-2-1-3-14(15)7-17(18)11-22(23)25(21)27(26)29/h1-13,25-26H. The summed E-state index contributed by atoms with van der Waals surface area (Å²) in [5.41, 5.74) is 4.79. The molecule has 0 radical (unpaired) electrons. The molecule has 5 aromatic carbocycles. The highest BCUT2D eigenvalue weighted by Gasteiger charge is 2.49. The molecule has 2 aliphatic rings. The van der Waals surface area contributed by atoms with Crippen LogP contribution in [0.15, 0.2) is 83.3 Å². The molecule has 0 amide bonds. The van der Waals surface area contributed by atoms with E-state index in [0.717, 1.165) is 4.47 Å². The molecule has 7 rings (SSSR count). The molecular weight excluding hydrogens is 420 g/mol. The van der Waals surface area contributed by atoms with Crippen LogP contribution in [-0.2, 0) is 4.79 Å². The summed E-state index contributed by atoms with van der Waals surface area (Å²) in [7, 11) is 0. The third-order valence-electron chi connectivity index (χ3n) is 6.72. The van der Waals surface area contributed by atoms with E-state index >= 15 is 0 Å². The summed E-state index contributed by atoms with van der Waals surface area (Å²) in [6, 6.07) is 28.3. The molecule has 0 spiro atoms. The number of Topliss-reactive ketones (excluding diaryl/α,β-unsaturated/α-hetero) is 1. The molecule has 0 saturated carbocycles. The van der Waals surface area contributed by atoms with Crippen LogP contribution in [0.1, 0.15) is 34.1 Å². The van der Waals surface area contributed by atoms with E-state index in [1.54, 1.807) is 0 Å². The van der Waals surface area contributed by atoms with Gasteiger partial charge in [0.15, 0.2) is 5.78 Å². The van der Waals surface area contributed by atoms with Crippen molar-refractivity contribution >= 4 is 54.0 Å². The van der Waals surface area contributed by atoms with Crippen LogP contribution in [0.5, 0.6) is 0 Å². The minimum absolute atomic E-state index is 0.117. The van der Waals surface area contributed by atoms with Crippen LogP contribution < -0.4 is 0 Å². The van der Waals surface area contributed by atoms with Crippen molar-refractivity contribution in [2.45, 2.75) is 11.8 Å². The lowest BCUT2D eigenvalue weighted by Crippen LogP contribution is -2.03. The van der Waals surface area contributed by atoms with Crippen molar-refractivity contribution in [3.8, 4) is 0 Å². The fraction of sp³-hybridized carbons (Fsp3) is 0.0741. The quantitative estimate of drug-likeness (QED) is 0.238. The molecule has 0 fully saturated rings. The zero-order chi connectivity index (χ0) is 19.3. The lowest BCUT2D eigenvalue weighted by molar-refractivity contribution is -0.118. The zero-order valence-electron chi connectivity index (χ0n) is 15.4. The number of halogens is 1. The van der Waals surface area contributed by atoms with Gasteiger partial charge in [-0.2, -0.15) is 0 Å². The van der Waals surface area contributed by atoms with Gasteiger partial charge in [-0.05, 0) is 103 Å². The van der Waals surface area contributed by atoms with Gasteiger partial charge in [0.05, 0.1) is 11.8 Å². The third kappa shape index (κ3) is 2.02. The van der Waals surface area contributed by atoms with Crippen molar-refractivity contribution in [3.63, 3.8) is 0 Å². The number of rotatable bonds is 0. The summed E-state index contributed by atoms with van der Waals surface area (Å²) in [5, 5.41) is 7.30. The van der Waals surface area contributed by atoms with Crippen molar-refractivity contribution in [2.75, 3.05) is 0 Å². The molecule has 0 aromatic heterocycles. The van der Waals surface area contributed by atoms with Crippen molar-refractivity contribution in [1.82, 2.24) is 0 Å². The fourth-order valence-corrected chi connectivity index (χ4v) is 5.82. The maximum atomic E-state index is 13.3. The minimum atomic E-state index is -0.121. The molecule has 2 bridgehead atoms. The van der Waals surface area contributed by atoms with Crippen LogP contribution >= 0.6 is 15.9 Å². The van der Waals surface area contributed by atoms with Crippen molar-refractivity contribution in [2.24, 2.45) is 0 Å². The molecule has 2 aliphatic carbocycles. The number of carbonyl (C=O) groups excluding carboxylic acids is 1. The first kappa shape index (κ1) is 15.9. The number of hydrogen-bond acceptors (Lipinski definition) is 1. The molecule has 0 heterocycles. The predicted molar refractivity (Wildman–Crippen MR) is 122 cm³/mol. The fourth-order valence-electron chi connectivity index (χ4n) is 5.45. The number of hydrogen-bond donors (Lipinski definition) is 0. The summed E-state index contributed by atoms with van der Waals surface area (Å²) < 4.78 is 1.07. The van der Waals surface area contributed by atoms with E-state index in [0.29, 0.717) is 5.78 Å². The number of ketones is 1. The number of benzene rings is 5. The molecule has 0 aliphatic heterocycles. The van der Waals surface area contributed by atoms with Gasteiger partial charge in [-0.1, -0.05) is 46.3 Å². The highest BCUT2D eigenvalue weighted by atomic mass is 79.9. The second-order valence-corrected chi connectivity index (χ2v) is 9.18. The maximum Gasteiger partial charge on any atom is 0.156 e. The van der Waals surface area contributed by atoms with E-state index in [4.69, 9.17) is 0 Å². The molecular formula is C27H15BrO. The average molecular weight is 435 g/mol. The van der Waals surface area contributed by atoms with Crippen molar-refractivity contribution in [1.29, 1.82) is 0 Å². The lowest BCUT2D eigenvalue weighted by Gasteiger charge is -2.20. The first-order valence-electron chi connectivity index (χ1n) is 9.90. The van der Waals surface area contributed by atoms with Gasteiger partial charge in [0.25, 0.3) is 0 Å². The van der Waals surface area contributed by atoms with Crippen LogP contribution in [0.2, 0.25) is 0 Å². The van der Waals surface area contributed by atoms with E-state index in [1.165, 1.54) is 54.6 Å². The van der Waals surface area contributed by atoms with Gasteiger partial charge in [0, 0.05) is 4.47 Å². The third-order valence-corrected chi connectivity index (χ3v) is 7.22. The largest absolute Gasteiger partial charge is 0.298 e. The molecule has 0 N–H and O–H groups in total. The predicted octanol–water partition coefficient (Wildman–Crippen LogP) is 7.07. The van der Waals surface area contributed by atoms with E-state index < -0.39 is 0 Å². The Kier molecular flexibility index (Phi) is 2.93. The van der Waals surface area contributed by atoms with Gasteiger partial charge in [-0.25, -0.2) is 0 Å². The van der Waals surface area contributed by atoms with E-state index in [1.807, 2.05) is 0 Å². The second kappa shape index (κ2) is 5.34. The Morgan fingerprint density at radius 3 is 1.52 bits per heavy atom. The summed E-state index contributed by atoms with van der Waals surface area (Å²) in [4.78, 5) is 13.3. The normalized spacial score (nSPS) is 19.3. The SMILES string of the molecule is O=C1C2c3cc4ccc(Br)cc4cc3C1c1cc3cc4ccccc4cc3cc12. The van der Waals surface area contributed by atoms with Crippen LogP contribution in [0.3, 0.4) is 0 Å². The summed E-state index contributed by atoms with van der Waals surface area (Å²) in [6.45, 7) is 0. The zero-order valence-corrected chi connectivity index (χ0v) is 17.0. The molecule has 136 valence electrons. The highest BCUT2D eigenvalue weighted by Crippen LogP contribution is 2.55. The number of fused-ring (bicyclic) bond motifs is 11. The van der Waals surface area contributed by atoms with Gasteiger partial charge in [0.1, 0.15) is 0 Å². The van der Waals surface area contributed by atoms with Gasteiger partial charge >= 0.3 is 0 Å². The summed E-state index contributed by atoms with van der Waals surface area (Å²) >= 11 is 3.57. The van der Waals surface area contributed by atoms with E-state index in [2.05, 4.69) is 94.8 Å². The molecule has 5 aromatic rings. The summed E-state index contributed by atoms with van der Waals surface area (Å²) in [5.74, 6) is 0.0994. The van der Waals surface area contributed by atoms with Gasteiger partial charge in [-0.3, -0.25) is 4.79 Å². The van der Waals surface area contributed by atoms with Crippen LogP contribution in [-0.4, -0.2) is 5.78 Å². The molecule has 2 unspecified atom stereocenters. The van der Waals surface area contributed by atoms with Crippen LogP contribution in [0.4, 0.5) is 0 Å². The first-order valence-corrected chi connectivity index (χ1v) is 10.7. The molecule has 29 heavy (non-hydrogen) atoms. The summed E-state index contributed by atoms with van der Waals surface area (Å²) in [6.07, 6.45) is 0. The monoisotopic (exact) mass is 434 g/mol. The molecule has 1 nitrogen and oxygen atoms in total. The topological polar surface area (TPSA) is 17.1 Å². The molecule has 2 atom stereocenters. The molecule has 2 heteroatoms. The van der Waals surface area contributed by atoms with Gasteiger partial charge in [-0.15, -0.1) is 0 Å². The van der Waals surface area contributed by atoms with Crippen molar-refractivity contribution < 1.29 is 4.79 Å². The smallest absolute Gasteiger partial charge is 0.156 e. The Bertz CT molecular complexity index is 1550. The van der Waals surface area contributed by atoms with E-state index in [9.17, 15) is 4.79 Å². The Morgan fingerprint density at radius 1 is 0.517 bits per heavy atom. The maximum absolute atomic E-state index is 13.3. The molecule has 0 saturated heterocycles. The van der Waals surface area contributed by atoms with Crippen LogP contribution in [0.25, 0.3) is 32.3 Å². The minimum Gasteiger partial charge on any atom is -0.298 e.